The van der Waals surface area contributed by atoms with Crippen LogP contribution in [-0.4, -0.2) is 15.7 Å². The minimum atomic E-state index is -0.395. The molecule has 0 aliphatic rings. The zero-order chi connectivity index (χ0) is 18.5. The standard InChI is InChI=1S/C19H15ClFN3O2/c20-15-3-1-2-13(10-15)11-22-18(25)12-24-19(26)9-8-17(23-24)14-4-6-16(21)7-5-14/h1-10H,11-12H2,(H,22,25). The molecule has 5 nitrogen and oxygen atoms in total. The van der Waals surface area contributed by atoms with E-state index < -0.39 is 5.56 Å². The second kappa shape index (κ2) is 7.93. The van der Waals surface area contributed by atoms with Crippen LogP contribution in [0.3, 0.4) is 0 Å². The molecule has 0 unspecified atom stereocenters. The fourth-order valence-electron chi connectivity index (χ4n) is 2.38. The van der Waals surface area contributed by atoms with Gasteiger partial charge in [-0.25, -0.2) is 9.07 Å². The number of carbonyl (C=O) groups is 1. The molecule has 0 saturated carbocycles. The molecule has 0 saturated heterocycles. The summed E-state index contributed by atoms with van der Waals surface area (Å²) >= 11 is 5.90. The van der Waals surface area contributed by atoms with Gasteiger partial charge in [0, 0.05) is 23.2 Å². The summed E-state index contributed by atoms with van der Waals surface area (Å²) in [7, 11) is 0. The summed E-state index contributed by atoms with van der Waals surface area (Å²) in [5, 5.41) is 7.49. The highest BCUT2D eigenvalue weighted by Gasteiger charge is 2.08. The minimum Gasteiger partial charge on any atom is -0.350 e. The summed E-state index contributed by atoms with van der Waals surface area (Å²) in [5.41, 5.74) is 1.59. The zero-order valence-corrected chi connectivity index (χ0v) is 14.4. The molecule has 0 aliphatic carbocycles. The van der Waals surface area contributed by atoms with Gasteiger partial charge in [-0.2, -0.15) is 5.10 Å². The van der Waals surface area contributed by atoms with E-state index in [2.05, 4.69) is 10.4 Å². The third-order valence-corrected chi connectivity index (χ3v) is 3.91. The second-order valence-electron chi connectivity index (χ2n) is 5.63. The highest BCUT2D eigenvalue weighted by atomic mass is 35.5. The monoisotopic (exact) mass is 371 g/mol. The van der Waals surface area contributed by atoms with Crippen molar-refractivity contribution < 1.29 is 9.18 Å². The molecule has 0 spiro atoms. The number of nitrogens with zero attached hydrogens (tertiary/aromatic N) is 2. The number of carbonyl (C=O) groups excluding carboxylic acids is 1. The number of amides is 1. The van der Waals surface area contributed by atoms with Crippen LogP contribution in [0.25, 0.3) is 11.3 Å². The van der Waals surface area contributed by atoms with Gasteiger partial charge in [0.25, 0.3) is 5.56 Å². The van der Waals surface area contributed by atoms with E-state index in [4.69, 9.17) is 11.6 Å². The van der Waals surface area contributed by atoms with Gasteiger partial charge in [-0.3, -0.25) is 9.59 Å². The van der Waals surface area contributed by atoms with E-state index in [1.165, 1.54) is 24.3 Å². The van der Waals surface area contributed by atoms with Crippen LogP contribution in [0.15, 0.2) is 65.5 Å². The molecule has 0 aliphatic heterocycles. The maximum absolute atomic E-state index is 13.0. The summed E-state index contributed by atoms with van der Waals surface area (Å²) in [6.45, 7) is 0.0836. The first-order chi connectivity index (χ1) is 12.5. The lowest BCUT2D eigenvalue weighted by Gasteiger charge is -2.08. The largest absolute Gasteiger partial charge is 0.350 e. The molecule has 2 aromatic carbocycles. The number of rotatable bonds is 5. The van der Waals surface area contributed by atoms with Crippen LogP contribution in [0, 0.1) is 5.82 Å². The van der Waals surface area contributed by atoms with E-state index in [1.807, 2.05) is 6.07 Å². The molecule has 0 fully saturated rings. The van der Waals surface area contributed by atoms with Crippen LogP contribution in [0.1, 0.15) is 5.56 Å². The highest BCUT2D eigenvalue weighted by Crippen LogP contribution is 2.15. The molecule has 0 bridgehead atoms. The predicted molar refractivity (Wildman–Crippen MR) is 97.2 cm³/mol. The quantitative estimate of drug-likeness (QED) is 0.749. The van der Waals surface area contributed by atoms with E-state index in [-0.39, 0.29) is 18.3 Å². The summed E-state index contributed by atoms with van der Waals surface area (Å²) in [4.78, 5) is 24.1. The molecule has 3 aromatic rings. The van der Waals surface area contributed by atoms with Crippen LogP contribution in [-0.2, 0) is 17.9 Å². The minimum absolute atomic E-state index is 0.214. The van der Waals surface area contributed by atoms with Gasteiger partial charge in [-0.15, -0.1) is 0 Å². The number of benzene rings is 2. The summed E-state index contributed by atoms with van der Waals surface area (Å²) < 4.78 is 14.1. The average molecular weight is 372 g/mol. The highest BCUT2D eigenvalue weighted by molar-refractivity contribution is 6.30. The first kappa shape index (κ1) is 17.8. The van der Waals surface area contributed by atoms with Gasteiger partial charge in [0.05, 0.1) is 5.69 Å². The molecule has 7 heteroatoms. The Morgan fingerprint density at radius 3 is 2.62 bits per heavy atom. The number of halogens is 2. The lowest BCUT2D eigenvalue weighted by Crippen LogP contribution is -2.33. The van der Waals surface area contributed by atoms with Crippen molar-refractivity contribution in [3.8, 4) is 11.3 Å². The van der Waals surface area contributed by atoms with E-state index in [0.29, 0.717) is 22.8 Å². The fourth-order valence-corrected chi connectivity index (χ4v) is 2.59. The first-order valence-corrected chi connectivity index (χ1v) is 8.24. The maximum Gasteiger partial charge on any atom is 0.267 e. The number of hydrogen-bond donors (Lipinski definition) is 1. The Bertz CT molecular complexity index is 987. The molecule has 0 radical (unpaired) electrons. The summed E-state index contributed by atoms with van der Waals surface area (Å²) in [5.74, 6) is -0.710. The normalized spacial score (nSPS) is 10.5. The third kappa shape index (κ3) is 4.55. The van der Waals surface area contributed by atoms with Crippen molar-refractivity contribution in [2.24, 2.45) is 0 Å². The predicted octanol–water partition coefficient (Wildman–Crippen LogP) is 3.02. The van der Waals surface area contributed by atoms with E-state index in [0.717, 1.165) is 10.2 Å². The van der Waals surface area contributed by atoms with Gasteiger partial charge in [-0.1, -0.05) is 23.7 Å². The molecular formula is C19H15ClFN3O2. The van der Waals surface area contributed by atoms with Crippen LogP contribution in [0.4, 0.5) is 4.39 Å². The number of aromatic nitrogens is 2. The molecule has 3 rings (SSSR count). The smallest absolute Gasteiger partial charge is 0.267 e. The maximum atomic E-state index is 13.0. The molecule has 1 heterocycles. The van der Waals surface area contributed by atoms with Crippen molar-refractivity contribution in [1.82, 2.24) is 15.1 Å². The Morgan fingerprint density at radius 2 is 1.88 bits per heavy atom. The molecule has 26 heavy (non-hydrogen) atoms. The molecule has 132 valence electrons. The van der Waals surface area contributed by atoms with Gasteiger partial charge < -0.3 is 5.32 Å². The van der Waals surface area contributed by atoms with Gasteiger partial charge in [-0.05, 0) is 48.0 Å². The van der Waals surface area contributed by atoms with Crippen LogP contribution in [0.2, 0.25) is 5.02 Å². The van der Waals surface area contributed by atoms with Crippen LogP contribution < -0.4 is 10.9 Å². The Labute approximate surface area is 154 Å². The van der Waals surface area contributed by atoms with Crippen molar-refractivity contribution >= 4 is 17.5 Å². The van der Waals surface area contributed by atoms with Gasteiger partial charge >= 0.3 is 0 Å². The van der Waals surface area contributed by atoms with Crippen LogP contribution in [0.5, 0.6) is 0 Å². The Kier molecular flexibility index (Phi) is 5.43. The van der Waals surface area contributed by atoms with E-state index >= 15 is 0 Å². The van der Waals surface area contributed by atoms with Crippen molar-refractivity contribution in [2.75, 3.05) is 0 Å². The molecular weight excluding hydrogens is 357 g/mol. The van der Waals surface area contributed by atoms with Crippen LogP contribution >= 0.6 is 11.6 Å². The van der Waals surface area contributed by atoms with Crippen molar-refractivity contribution in [3.05, 3.63) is 87.4 Å². The Morgan fingerprint density at radius 1 is 1.12 bits per heavy atom. The van der Waals surface area contributed by atoms with Gasteiger partial charge in [0.2, 0.25) is 5.91 Å². The topological polar surface area (TPSA) is 64.0 Å². The Balaban J connectivity index is 1.70. The zero-order valence-electron chi connectivity index (χ0n) is 13.7. The third-order valence-electron chi connectivity index (χ3n) is 3.68. The Hall–Kier alpha value is -2.99. The molecule has 0 atom stereocenters. The lowest BCUT2D eigenvalue weighted by atomic mass is 10.1. The molecule has 1 aromatic heterocycles. The van der Waals surface area contributed by atoms with Crippen molar-refractivity contribution in [3.63, 3.8) is 0 Å². The van der Waals surface area contributed by atoms with Gasteiger partial charge in [0.15, 0.2) is 0 Å². The lowest BCUT2D eigenvalue weighted by molar-refractivity contribution is -0.122. The average Bonchev–Trinajstić information content (AvgIpc) is 2.63. The first-order valence-electron chi connectivity index (χ1n) is 7.86. The SMILES string of the molecule is O=C(Cn1nc(-c2ccc(F)cc2)ccc1=O)NCc1cccc(Cl)c1. The van der Waals surface area contributed by atoms with E-state index in [9.17, 15) is 14.0 Å². The van der Waals surface area contributed by atoms with Gasteiger partial charge in [0.1, 0.15) is 12.4 Å². The summed E-state index contributed by atoms with van der Waals surface area (Å²) in [6, 6.07) is 15.7. The fraction of sp³-hybridized carbons (Fsp3) is 0.105. The number of hydrogen-bond acceptors (Lipinski definition) is 3. The van der Waals surface area contributed by atoms with E-state index in [1.54, 1.807) is 30.3 Å². The summed E-state index contributed by atoms with van der Waals surface area (Å²) in [6.07, 6.45) is 0. The molecule has 1 amide bonds. The second-order valence-corrected chi connectivity index (χ2v) is 6.06. The van der Waals surface area contributed by atoms with Crippen molar-refractivity contribution in [2.45, 2.75) is 13.1 Å². The number of nitrogens with one attached hydrogen (secondary N) is 1. The van der Waals surface area contributed by atoms with Crippen molar-refractivity contribution in [1.29, 1.82) is 0 Å². The molecule has 1 N–H and O–H groups in total.